The van der Waals surface area contributed by atoms with Gasteiger partial charge in [0.05, 0.1) is 26.4 Å². The van der Waals surface area contributed by atoms with Crippen LogP contribution in [0.2, 0.25) is 0 Å². The number of aliphatic carboxylic acids is 1. The minimum atomic E-state index is -0.849. The number of aryl methyl sites for hydroxylation is 1. The van der Waals surface area contributed by atoms with Gasteiger partial charge >= 0.3 is 11.9 Å². The van der Waals surface area contributed by atoms with Crippen LogP contribution in [0.4, 0.5) is 0 Å². The minimum absolute atomic E-state index is 0.0764. The molecule has 0 saturated carbocycles. The number of carbonyl (C=O) groups excluding carboxylic acids is 1. The Morgan fingerprint density at radius 2 is 1.33 bits per heavy atom. The second-order valence-corrected chi connectivity index (χ2v) is 8.06. The number of carbonyl (C=O) groups is 2. The monoisotopic (exact) mass is 466 g/mol. The predicted molar refractivity (Wildman–Crippen MR) is 128 cm³/mol. The molecule has 0 bridgehead atoms. The smallest absolute Gasteiger partial charge is 0.305 e. The van der Waals surface area contributed by atoms with Crippen LogP contribution >= 0.6 is 0 Å². The Bertz CT molecular complexity index is 616. The Morgan fingerprint density at radius 3 is 2.03 bits per heavy atom. The fourth-order valence-electron chi connectivity index (χ4n) is 3.23. The van der Waals surface area contributed by atoms with Gasteiger partial charge < -0.3 is 24.1 Å². The molecule has 188 valence electrons. The number of hydrogen-bond acceptors (Lipinski definition) is 6. The van der Waals surface area contributed by atoms with Crippen molar-refractivity contribution in [3.63, 3.8) is 0 Å². The van der Waals surface area contributed by atoms with Crippen molar-refractivity contribution in [1.29, 1.82) is 0 Å². The molecule has 0 radical (unpaired) electrons. The molecule has 0 spiro atoms. The second-order valence-electron chi connectivity index (χ2n) is 8.06. The summed E-state index contributed by atoms with van der Waals surface area (Å²) >= 11 is 0. The molecule has 1 aromatic rings. The van der Waals surface area contributed by atoms with Crippen LogP contribution in [0.25, 0.3) is 0 Å². The van der Waals surface area contributed by atoms with Gasteiger partial charge in [0.25, 0.3) is 0 Å². The summed E-state index contributed by atoms with van der Waals surface area (Å²) in [6.07, 6.45) is 10.3. The van der Waals surface area contributed by atoms with E-state index in [-0.39, 0.29) is 25.4 Å². The van der Waals surface area contributed by atoms with Crippen LogP contribution in [0.5, 0.6) is 5.75 Å². The lowest BCUT2D eigenvalue weighted by Crippen LogP contribution is -2.14. The molecule has 0 atom stereocenters. The first-order valence-electron chi connectivity index (χ1n) is 12.4. The summed E-state index contributed by atoms with van der Waals surface area (Å²) in [7, 11) is 0. The van der Waals surface area contributed by atoms with Crippen molar-refractivity contribution in [1.82, 2.24) is 0 Å². The number of hydrogen-bond donors (Lipinski definition) is 1. The van der Waals surface area contributed by atoms with Crippen molar-refractivity contribution < 1.29 is 33.6 Å². The van der Waals surface area contributed by atoms with E-state index in [2.05, 4.69) is 19.1 Å². The average molecular weight is 467 g/mol. The Hall–Kier alpha value is -2.12. The van der Waals surface area contributed by atoms with E-state index in [1.54, 1.807) is 0 Å². The number of ether oxygens (including phenoxy) is 4. The van der Waals surface area contributed by atoms with Crippen LogP contribution in [0, 0.1) is 0 Å². The van der Waals surface area contributed by atoms with Gasteiger partial charge in [0.15, 0.2) is 0 Å². The van der Waals surface area contributed by atoms with Gasteiger partial charge in [0.2, 0.25) is 0 Å². The first-order valence-corrected chi connectivity index (χ1v) is 12.4. The zero-order valence-corrected chi connectivity index (χ0v) is 20.2. The number of unbranched alkanes of at least 4 members (excludes halogenated alkanes) is 6. The highest BCUT2D eigenvalue weighted by atomic mass is 16.6. The molecule has 0 heterocycles. The van der Waals surface area contributed by atoms with Crippen LogP contribution in [0.15, 0.2) is 24.3 Å². The van der Waals surface area contributed by atoms with Crippen LogP contribution < -0.4 is 4.74 Å². The summed E-state index contributed by atoms with van der Waals surface area (Å²) < 4.78 is 21.6. The maximum Gasteiger partial charge on any atom is 0.305 e. The third kappa shape index (κ3) is 18.0. The van der Waals surface area contributed by atoms with Crippen molar-refractivity contribution in [3.8, 4) is 5.75 Å². The quantitative estimate of drug-likeness (QED) is 0.186. The van der Waals surface area contributed by atoms with Gasteiger partial charge in [-0.25, -0.2) is 0 Å². The highest BCUT2D eigenvalue weighted by molar-refractivity contribution is 5.69. The van der Waals surface area contributed by atoms with Crippen molar-refractivity contribution in [2.75, 3.05) is 39.6 Å². The molecule has 0 aliphatic heterocycles. The fraction of sp³-hybridized carbons (Fsp3) is 0.692. The van der Waals surface area contributed by atoms with Crippen molar-refractivity contribution >= 4 is 11.9 Å². The molecule has 0 aromatic heterocycles. The molecular weight excluding hydrogens is 424 g/mol. The third-order valence-corrected chi connectivity index (χ3v) is 5.12. The van der Waals surface area contributed by atoms with E-state index in [1.807, 2.05) is 12.1 Å². The highest BCUT2D eigenvalue weighted by Crippen LogP contribution is 2.15. The summed E-state index contributed by atoms with van der Waals surface area (Å²) in [5.74, 6) is -0.322. The normalized spacial score (nSPS) is 10.8. The van der Waals surface area contributed by atoms with Crippen molar-refractivity contribution in [3.05, 3.63) is 29.8 Å². The largest absolute Gasteiger partial charge is 0.491 e. The molecule has 7 nitrogen and oxygen atoms in total. The molecule has 33 heavy (non-hydrogen) atoms. The zero-order chi connectivity index (χ0) is 24.0. The lowest BCUT2D eigenvalue weighted by Gasteiger charge is -2.09. The van der Waals surface area contributed by atoms with Crippen LogP contribution in [0.3, 0.4) is 0 Å². The first kappa shape index (κ1) is 28.9. The summed E-state index contributed by atoms with van der Waals surface area (Å²) in [5.41, 5.74) is 1.36. The van der Waals surface area contributed by atoms with E-state index in [4.69, 9.17) is 24.1 Å². The molecule has 1 rings (SSSR count). The summed E-state index contributed by atoms with van der Waals surface area (Å²) in [6, 6.07) is 8.31. The van der Waals surface area contributed by atoms with Gasteiger partial charge in [0.1, 0.15) is 19.0 Å². The predicted octanol–water partition coefficient (Wildman–Crippen LogP) is 5.19. The summed E-state index contributed by atoms with van der Waals surface area (Å²) in [4.78, 5) is 21.8. The standard InChI is InChI=1S/C26H42O7/c1-2-3-4-5-6-7-10-23-13-15-24(16-14-23)32-21-19-30-17-18-31-20-22-33-26(29)12-9-8-11-25(27)28/h13-16H,2-12,17-22H2,1H3,(H,27,28). The number of rotatable bonds is 22. The maximum atomic E-state index is 11.5. The van der Waals surface area contributed by atoms with E-state index in [0.717, 1.165) is 12.2 Å². The molecule has 0 aliphatic carbocycles. The van der Waals surface area contributed by atoms with E-state index in [9.17, 15) is 9.59 Å². The molecule has 1 N–H and O–H groups in total. The Labute approximate surface area is 198 Å². The molecule has 0 fully saturated rings. The van der Waals surface area contributed by atoms with Crippen LogP contribution in [-0.2, 0) is 30.2 Å². The zero-order valence-electron chi connectivity index (χ0n) is 20.2. The Kier molecular flexibility index (Phi) is 17.9. The third-order valence-electron chi connectivity index (χ3n) is 5.12. The summed E-state index contributed by atoms with van der Waals surface area (Å²) in [5, 5.41) is 8.53. The number of carboxylic acid groups (broad SMARTS) is 1. The van der Waals surface area contributed by atoms with Crippen LogP contribution in [-0.4, -0.2) is 56.7 Å². The Balaban J connectivity index is 1.90. The first-order chi connectivity index (χ1) is 16.1. The molecular formula is C26H42O7. The maximum absolute atomic E-state index is 11.5. The van der Waals surface area contributed by atoms with Gasteiger partial charge in [-0.3, -0.25) is 9.59 Å². The Morgan fingerprint density at radius 1 is 0.727 bits per heavy atom. The van der Waals surface area contributed by atoms with Gasteiger partial charge in [-0.1, -0.05) is 51.2 Å². The molecule has 0 saturated heterocycles. The number of carboxylic acids is 1. The lowest BCUT2D eigenvalue weighted by molar-refractivity contribution is -0.146. The average Bonchev–Trinajstić information content (AvgIpc) is 2.81. The SMILES string of the molecule is CCCCCCCCc1ccc(OCCOCCOCCOC(=O)CCCCC(=O)O)cc1. The van der Waals surface area contributed by atoms with E-state index in [0.29, 0.717) is 45.9 Å². The topological polar surface area (TPSA) is 91.3 Å². The second kappa shape index (κ2) is 20.5. The van der Waals surface area contributed by atoms with Gasteiger partial charge in [0, 0.05) is 12.8 Å². The van der Waals surface area contributed by atoms with E-state index in [1.165, 1.54) is 44.1 Å². The molecule has 7 heteroatoms. The van der Waals surface area contributed by atoms with Crippen molar-refractivity contribution in [2.45, 2.75) is 77.6 Å². The molecule has 0 amide bonds. The van der Waals surface area contributed by atoms with E-state index < -0.39 is 5.97 Å². The number of esters is 1. The van der Waals surface area contributed by atoms with Gasteiger partial charge in [-0.15, -0.1) is 0 Å². The molecule has 0 aliphatic rings. The molecule has 0 unspecified atom stereocenters. The van der Waals surface area contributed by atoms with Gasteiger partial charge in [-0.2, -0.15) is 0 Å². The van der Waals surface area contributed by atoms with E-state index >= 15 is 0 Å². The van der Waals surface area contributed by atoms with Gasteiger partial charge in [-0.05, 0) is 43.4 Å². The lowest BCUT2D eigenvalue weighted by atomic mass is 10.0. The molecule has 1 aromatic carbocycles. The fourth-order valence-corrected chi connectivity index (χ4v) is 3.23. The highest BCUT2D eigenvalue weighted by Gasteiger charge is 2.04. The summed E-state index contributed by atoms with van der Waals surface area (Å²) in [6.45, 7) is 4.58. The van der Waals surface area contributed by atoms with Crippen LogP contribution in [0.1, 0.15) is 76.7 Å². The number of benzene rings is 1. The van der Waals surface area contributed by atoms with Crippen molar-refractivity contribution in [2.24, 2.45) is 0 Å². The minimum Gasteiger partial charge on any atom is -0.491 e.